The molecule has 11 atom stereocenters. The zero-order valence-electron chi connectivity index (χ0n) is 22.8. The summed E-state index contributed by atoms with van der Waals surface area (Å²) in [7, 11) is 0. The van der Waals surface area contributed by atoms with Crippen LogP contribution >= 0.6 is 0 Å². The summed E-state index contributed by atoms with van der Waals surface area (Å²) in [5.41, 5.74) is -7.37. The van der Waals surface area contributed by atoms with E-state index in [2.05, 4.69) is 0 Å². The number of fused-ring (bicyclic) bond motifs is 1. The van der Waals surface area contributed by atoms with Crippen molar-refractivity contribution in [1.29, 1.82) is 0 Å². The summed E-state index contributed by atoms with van der Waals surface area (Å²) < 4.78 is 28.4. The number of aliphatic hydroxyl groups is 3. The van der Waals surface area contributed by atoms with Gasteiger partial charge in [-0.3, -0.25) is 19.2 Å². The second kappa shape index (κ2) is 9.00. The quantitative estimate of drug-likeness (QED) is 0.240. The average Bonchev–Trinajstić information content (AvgIpc) is 3.37. The molecule has 4 rings (SSSR count). The van der Waals surface area contributed by atoms with Crippen molar-refractivity contribution in [3.63, 3.8) is 0 Å². The van der Waals surface area contributed by atoms with E-state index in [0.29, 0.717) is 0 Å². The summed E-state index contributed by atoms with van der Waals surface area (Å²) in [4.78, 5) is 63.2. The first kappa shape index (κ1) is 29.0. The van der Waals surface area contributed by atoms with Crippen LogP contribution in [0.5, 0.6) is 0 Å². The van der Waals surface area contributed by atoms with E-state index in [1.807, 2.05) is 0 Å². The highest BCUT2D eigenvalue weighted by Crippen LogP contribution is 2.65. The molecular formula is C26H34O13. The number of aliphatic hydroxyl groups excluding tert-OH is 2. The molecule has 216 valence electrons. The maximum Gasteiger partial charge on any atom is 0.342 e. The molecule has 2 saturated heterocycles. The van der Waals surface area contributed by atoms with Gasteiger partial charge in [-0.1, -0.05) is 13.8 Å². The van der Waals surface area contributed by atoms with Crippen LogP contribution in [0.2, 0.25) is 0 Å². The fourth-order valence-electron chi connectivity index (χ4n) is 6.87. The molecule has 0 unspecified atom stereocenters. The highest BCUT2D eigenvalue weighted by Gasteiger charge is 2.89. The molecule has 2 heterocycles. The number of hydrogen-bond acceptors (Lipinski definition) is 13. The lowest BCUT2D eigenvalue weighted by molar-refractivity contribution is -0.224. The van der Waals surface area contributed by atoms with Gasteiger partial charge in [0.05, 0.1) is 5.60 Å². The Morgan fingerprint density at radius 1 is 0.974 bits per heavy atom. The SMILES string of the molecule is CC(=O)O[C@H]1C[C@@](C)(O)[C@H](O)[C@@H]2OC(=O)[C@@]3(C)O[C@]23[C@@H](OC(C)=O)[C@H]2[C@@H](C)C(=O)C(O)=C[C@]2(C)[C@H]1OC(C)=O. The maximum atomic E-state index is 13.1. The van der Waals surface area contributed by atoms with E-state index < -0.39 is 106 Å². The molecule has 3 N–H and O–H groups in total. The fraction of sp³-hybridized carbons (Fsp3) is 0.731. The summed E-state index contributed by atoms with van der Waals surface area (Å²) in [6, 6.07) is 0. The molecule has 0 radical (unpaired) electrons. The zero-order chi connectivity index (χ0) is 29.5. The van der Waals surface area contributed by atoms with E-state index in [-0.39, 0.29) is 0 Å². The number of ketones is 1. The number of carbonyl (C=O) groups is 5. The molecule has 13 nitrogen and oxygen atoms in total. The molecule has 0 amide bonds. The summed E-state index contributed by atoms with van der Waals surface area (Å²) in [6.45, 7) is 8.84. The van der Waals surface area contributed by atoms with Crippen LogP contribution in [-0.2, 0) is 47.7 Å². The third kappa shape index (κ3) is 4.13. The molecule has 2 aliphatic heterocycles. The second-order valence-corrected chi connectivity index (χ2v) is 11.5. The van der Waals surface area contributed by atoms with Gasteiger partial charge in [0.15, 0.2) is 28.8 Å². The minimum atomic E-state index is -2.15. The van der Waals surface area contributed by atoms with Crippen molar-refractivity contribution in [3.05, 3.63) is 11.8 Å². The average molecular weight is 555 g/mol. The largest absolute Gasteiger partial charge is 0.505 e. The Balaban J connectivity index is 2.07. The van der Waals surface area contributed by atoms with Crippen LogP contribution in [0.25, 0.3) is 0 Å². The van der Waals surface area contributed by atoms with Crippen molar-refractivity contribution in [2.45, 2.75) is 102 Å². The first-order valence-electron chi connectivity index (χ1n) is 12.6. The van der Waals surface area contributed by atoms with Crippen molar-refractivity contribution in [2.24, 2.45) is 17.3 Å². The number of hydrogen-bond donors (Lipinski definition) is 3. The lowest BCUT2D eigenvalue weighted by atomic mass is 9.56. The number of allylic oxidation sites excluding steroid dienone is 1. The topological polar surface area (TPSA) is 195 Å². The van der Waals surface area contributed by atoms with Crippen molar-refractivity contribution in [2.75, 3.05) is 0 Å². The molecule has 0 aromatic heterocycles. The summed E-state index contributed by atoms with van der Waals surface area (Å²) in [5.74, 6) is -7.06. The zero-order valence-corrected chi connectivity index (χ0v) is 22.8. The molecule has 0 aromatic carbocycles. The van der Waals surface area contributed by atoms with Gasteiger partial charge >= 0.3 is 23.9 Å². The van der Waals surface area contributed by atoms with Crippen LogP contribution in [0, 0.1) is 17.3 Å². The molecule has 1 spiro atoms. The van der Waals surface area contributed by atoms with E-state index in [4.69, 9.17) is 23.7 Å². The number of ether oxygens (including phenoxy) is 5. The number of Topliss-reactive ketones (excluding diaryl/α,β-unsaturated/α-hetero) is 1. The smallest absolute Gasteiger partial charge is 0.342 e. The van der Waals surface area contributed by atoms with E-state index in [1.54, 1.807) is 0 Å². The molecule has 2 aliphatic carbocycles. The van der Waals surface area contributed by atoms with Crippen LogP contribution in [0.4, 0.5) is 0 Å². The van der Waals surface area contributed by atoms with Gasteiger partial charge in [0.2, 0.25) is 0 Å². The fourth-order valence-corrected chi connectivity index (χ4v) is 6.87. The lowest BCUT2D eigenvalue weighted by Gasteiger charge is -2.52. The monoisotopic (exact) mass is 554 g/mol. The Kier molecular flexibility index (Phi) is 6.68. The van der Waals surface area contributed by atoms with Gasteiger partial charge in [-0.25, -0.2) is 4.79 Å². The Morgan fingerprint density at radius 2 is 1.51 bits per heavy atom. The third-order valence-electron chi connectivity index (χ3n) is 8.63. The Hall–Kier alpha value is -3.03. The van der Waals surface area contributed by atoms with Gasteiger partial charge < -0.3 is 39.0 Å². The summed E-state index contributed by atoms with van der Waals surface area (Å²) >= 11 is 0. The maximum absolute atomic E-state index is 13.1. The van der Waals surface area contributed by atoms with Crippen molar-refractivity contribution in [1.82, 2.24) is 0 Å². The van der Waals surface area contributed by atoms with E-state index in [1.165, 1.54) is 27.7 Å². The first-order valence-corrected chi connectivity index (χ1v) is 12.6. The van der Waals surface area contributed by atoms with Crippen LogP contribution in [0.1, 0.15) is 54.9 Å². The highest BCUT2D eigenvalue weighted by molar-refractivity contribution is 5.96. The third-order valence-corrected chi connectivity index (χ3v) is 8.63. The van der Waals surface area contributed by atoms with E-state index in [0.717, 1.165) is 26.8 Å². The second-order valence-electron chi connectivity index (χ2n) is 11.5. The highest BCUT2D eigenvalue weighted by atomic mass is 16.7. The Labute approximate surface area is 224 Å². The predicted molar refractivity (Wildman–Crippen MR) is 126 cm³/mol. The summed E-state index contributed by atoms with van der Waals surface area (Å²) in [5, 5.41) is 33.6. The van der Waals surface area contributed by atoms with Gasteiger partial charge in [-0.15, -0.1) is 0 Å². The van der Waals surface area contributed by atoms with E-state index >= 15 is 0 Å². The van der Waals surface area contributed by atoms with Crippen molar-refractivity contribution in [3.8, 4) is 0 Å². The number of carbonyl (C=O) groups excluding carboxylic acids is 5. The molecule has 4 aliphatic rings. The Morgan fingerprint density at radius 3 is 2.03 bits per heavy atom. The van der Waals surface area contributed by atoms with Crippen LogP contribution in [0.3, 0.4) is 0 Å². The van der Waals surface area contributed by atoms with Crippen LogP contribution < -0.4 is 0 Å². The first-order chi connectivity index (χ1) is 17.8. The van der Waals surface area contributed by atoms with E-state index in [9.17, 15) is 39.3 Å². The van der Waals surface area contributed by atoms with Gasteiger partial charge in [0.25, 0.3) is 0 Å². The molecule has 0 bridgehead atoms. The van der Waals surface area contributed by atoms with Gasteiger partial charge in [0, 0.05) is 44.4 Å². The minimum absolute atomic E-state index is 0.524. The minimum Gasteiger partial charge on any atom is -0.505 e. The standard InChI is InChI=1S/C26H34O13/c1-10-16-20(37-13(4)29)26-21(38-22(33)25(26,7)39-26)18(32)24(6,34)9-15(35-11(2)27)19(36-12(3)28)23(16,5)8-14(30)17(10)31/h8,10,15-16,18-21,30,32,34H,9H2,1-7H3/t10-,15+,16-,18-,19+,20+,21+,23+,24-,25-,26-/m1/s1. The summed E-state index contributed by atoms with van der Waals surface area (Å²) in [6.07, 6.45) is -7.27. The normalized spacial score (nSPS) is 46.9. The van der Waals surface area contributed by atoms with Gasteiger partial charge in [0.1, 0.15) is 24.4 Å². The molecule has 1 saturated carbocycles. The molecular weight excluding hydrogens is 520 g/mol. The van der Waals surface area contributed by atoms with Gasteiger partial charge in [-0.2, -0.15) is 0 Å². The molecule has 13 heteroatoms. The van der Waals surface area contributed by atoms with Gasteiger partial charge in [-0.05, 0) is 19.9 Å². The molecule has 39 heavy (non-hydrogen) atoms. The van der Waals surface area contributed by atoms with Crippen LogP contribution in [-0.4, -0.2) is 92.3 Å². The van der Waals surface area contributed by atoms with Crippen LogP contribution in [0.15, 0.2) is 11.8 Å². The van der Waals surface area contributed by atoms with Crippen molar-refractivity contribution >= 4 is 29.7 Å². The van der Waals surface area contributed by atoms with Crippen molar-refractivity contribution < 1.29 is 63.0 Å². The lowest BCUT2D eigenvalue weighted by Crippen LogP contribution is -2.66. The number of rotatable bonds is 3. The molecule has 0 aromatic rings. The number of epoxide rings is 1. The number of esters is 4. The Bertz CT molecular complexity index is 1160. The molecule has 3 fully saturated rings. The predicted octanol–water partition coefficient (Wildman–Crippen LogP) is 0.0334.